The smallest absolute Gasteiger partial charge is 0.256 e. The summed E-state index contributed by atoms with van der Waals surface area (Å²) in [6.07, 6.45) is 0. The molecule has 4 nitrogen and oxygen atoms in total. The number of nitrogens with one attached hydrogen (secondary N) is 2. The van der Waals surface area contributed by atoms with Gasteiger partial charge in [0.2, 0.25) is 0 Å². The van der Waals surface area contributed by atoms with E-state index >= 15 is 0 Å². The van der Waals surface area contributed by atoms with Crippen molar-refractivity contribution in [2.24, 2.45) is 0 Å². The molecule has 0 bridgehead atoms. The Morgan fingerprint density at radius 2 is 1.58 bits per heavy atom. The van der Waals surface area contributed by atoms with E-state index in [1.165, 1.54) is 6.07 Å². The minimum absolute atomic E-state index is 0.0289. The van der Waals surface area contributed by atoms with E-state index in [9.17, 15) is 9.59 Å². The summed E-state index contributed by atoms with van der Waals surface area (Å²) < 4.78 is 0.597. The van der Waals surface area contributed by atoms with Crippen LogP contribution in [0.15, 0.2) is 40.9 Å². The third-order valence-corrected chi connectivity index (χ3v) is 4.23. The first-order chi connectivity index (χ1) is 11.3. The van der Waals surface area contributed by atoms with Gasteiger partial charge in [0.25, 0.3) is 11.8 Å². The van der Waals surface area contributed by atoms with E-state index < -0.39 is 5.91 Å². The molecule has 0 atom stereocenters. The lowest BCUT2D eigenvalue weighted by Gasteiger charge is -2.14. The van der Waals surface area contributed by atoms with Crippen molar-refractivity contribution in [1.82, 2.24) is 5.32 Å². The first-order valence-electron chi connectivity index (χ1n) is 7.14. The van der Waals surface area contributed by atoms with E-state index in [2.05, 4.69) is 26.6 Å². The van der Waals surface area contributed by atoms with Crippen molar-refractivity contribution in [2.75, 3.05) is 5.32 Å². The topological polar surface area (TPSA) is 58.2 Å². The van der Waals surface area contributed by atoms with Gasteiger partial charge in [0.05, 0.1) is 16.8 Å². The molecule has 0 saturated carbocycles. The monoisotopic (exact) mass is 428 g/mol. The van der Waals surface area contributed by atoms with Gasteiger partial charge >= 0.3 is 0 Å². The van der Waals surface area contributed by atoms with Crippen LogP contribution in [0.3, 0.4) is 0 Å². The zero-order valence-corrected chi connectivity index (χ0v) is 16.1. The number of amides is 2. The Hall–Kier alpha value is -1.56. The molecule has 0 saturated heterocycles. The molecule has 0 spiro atoms. The summed E-state index contributed by atoms with van der Waals surface area (Å²) in [6, 6.07) is 9.57. The first kappa shape index (κ1) is 18.8. The number of carbonyl (C=O) groups is 2. The molecule has 0 radical (unpaired) electrons. The van der Waals surface area contributed by atoms with Gasteiger partial charge in [0, 0.05) is 20.6 Å². The second-order valence-electron chi connectivity index (χ2n) is 5.40. The average Bonchev–Trinajstić information content (AvgIpc) is 2.49. The van der Waals surface area contributed by atoms with Crippen LogP contribution in [0.4, 0.5) is 5.69 Å². The zero-order chi connectivity index (χ0) is 17.9. The van der Waals surface area contributed by atoms with Crippen LogP contribution in [0, 0.1) is 0 Å². The second-order valence-corrected chi connectivity index (χ2v) is 7.12. The molecule has 2 amide bonds. The highest BCUT2D eigenvalue weighted by Gasteiger charge is 2.17. The molecule has 2 aromatic rings. The normalized spacial score (nSPS) is 10.6. The van der Waals surface area contributed by atoms with Gasteiger partial charge in [-0.05, 0) is 66.2 Å². The second kappa shape index (κ2) is 8.01. The van der Waals surface area contributed by atoms with Crippen LogP contribution < -0.4 is 10.6 Å². The summed E-state index contributed by atoms with van der Waals surface area (Å²) in [5, 5.41) is 6.36. The van der Waals surface area contributed by atoms with Gasteiger partial charge in [0.15, 0.2) is 0 Å². The largest absolute Gasteiger partial charge is 0.350 e. The van der Waals surface area contributed by atoms with E-state index in [1.807, 2.05) is 13.8 Å². The third-order valence-electron chi connectivity index (χ3n) is 3.07. The summed E-state index contributed by atoms with van der Waals surface area (Å²) in [5.74, 6) is -0.688. The summed E-state index contributed by atoms with van der Waals surface area (Å²) in [7, 11) is 0. The zero-order valence-electron chi connectivity index (χ0n) is 13.0. The maximum atomic E-state index is 12.5. The lowest BCUT2D eigenvalue weighted by atomic mass is 10.1. The van der Waals surface area contributed by atoms with Crippen molar-refractivity contribution in [3.8, 4) is 0 Å². The molecular weight excluding hydrogens is 415 g/mol. The fourth-order valence-corrected chi connectivity index (χ4v) is 2.79. The molecule has 0 aliphatic heterocycles. The van der Waals surface area contributed by atoms with Gasteiger partial charge in [-0.15, -0.1) is 0 Å². The van der Waals surface area contributed by atoms with Crippen molar-refractivity contribution in [2.45, 2.75) is 19.9 Å². The molecule has 7 heteroatoms. The summed E-state index contributed by atoms with van der Waals surface area (Å²) in [4.78, 5) is 24.8. The molecule has 24 heavy (non-hydrogen) atoms. The van der Waals surface area contributed by atoms with Gasteiger partial charge < -0.3 is 10.6 Å². The van der Waals surface area contributed by atoms with Gasteiger partial charge in [-0.2, -0.15) is 0 Å². The first-order valence-corrected chi connectivity index (χ1v) is 8.69. The predicted molar refractivity (Wildman–Crippen MR) is 101 cm³/mol. The summed E-state index contributed by atoms with van der Waals surface area (Å²) >= 11 is 15.3. The van der Waals surface area contributed by atoms with Gasteiger partial charge in [-0.25, -0.2) is 0 Å². The number of rotatable bonds is 4. The molecule has 0 heterocycles. The lowest BCUT2D eigenvalue weighted by molar-refractivity contribution is 0.0944. The standard InChI is InChI=1S/C17H15BrCl2N2O2/c1-9(2)21-16(23)12-5-3-11(20)8-15(12)22-17(24)13-7-10(19)4-6-14(13)18/h3-9H,1-2H3,(H,21,23)(H,22,24). The number of carbonyl (C=O) groups excluding carboxylic acids is 2. The van der Waals surface area contributed by atoms with Gasteiger partial charge in [-0.1, -0.05) is 23.2 Å². The Balaban J connectivity index is 2.34. The van der Waals surface area contributed by atoms with Crippen molar-refractivity contribution < 1.29 is 9.59 Å². The van der Waals surface area contributed by atoms with E-state index in [1.54, 1.807) is 30.3 Å². The highest BCUT2D eigenvalue weighted by molar-refractivity contribution is 9.10. The summed E-state index contributed by atoms with van der Waals surface area (Å²) in [6.45, 7) is 3.71. The molecule has 0 aliphatic carbocycles. The maximum absolute atomic E-state index is 12.5. The molecule has 0 aliphatic rings. The Morgan fingerprint density at radius 1 is 0.958 bits per heavy atom. The molecule has 2 aromatic carbocycles. The van der Waals surface area contributed by atoms with Crippen molar-refractivity contribution in [1.29, 1.82) is 0 Å². The van der Waals surface area contributed by atoms with Gasteiger partial charge in [0.1, 0.15) is 0 Å². The number of hydrogen-bond donors (Lipinski definition) is 2. The van der Waals surface area contributed by atoms with Crippen LogP contribution in [0.1, 0.15) is 34.6 Å². The molecule has 0 fully saturated rings. The average molecular weight is 430 g/mol. The van der Waals surface area contributed by atoms with Crippen LogP contribution in [0.2, 0.25) is 10.0 Å². The molecule has 2 N–H and O–H groups in total. The highest BCUT2D eigenvalue weighted by Crippen LogP contribution is 2.25. The molecule has 0 unspecified atom stereocenters. The summed E-state index contributed by atoms with van der Waals surface area (Å²) in [5.41, 5.74) is 1.02. The number of hydrogen-bond acceptors (Lipinski definition) is 2. The Morgan fingerprint density at radius 3 is 2.25 bits per heavy atom. The van der Waals surface area contributed by atoms with Crippen LogP contribution in [0.5, 0.6) is 0 Å². The van der Waals surface area contributed by atoms with Crippen LogP contribution in [0.25, 0.3) is 0 Å². The predicted octanol–water partition coefficient (Wildman–Crippen LogP) is 5.15. The number of benzene rings is 2. The fourth-order valence-electron chi connectivity index (χ4n) is 2.02. The Bertz CT molecular complexity index is 794. The number of halogens is 3. The minimum Gasteiger partial charge on any atom is -0.350 e. The van der Waals surface area contributed by atoms with E-state index in [-0.39, 0.29) is 11.9 Å². The fraction of sp³-hybridized carbons (Fsp3) is 0.176. The molecular formula is C17H15BrCl2N2O2. The van der Waals surface area contributed by atoms with Crippen LogP contribution >= 0.6 is 39.1 Å². The molecule has 0 aromatic heterocycles. The van der Waals surface area contributed by atoms with Crippen molar-refractivity contribution >= 4 is 56.6 Å². The maximum Gasteiger partial charge on any atom is 0.256 e. The van der Waals surface area contributed by atoms with Crippen molar-refractivity contribution in [3.63, 3.8) is 0 Å². The third kappa shape index (κ3) is 4.72. The van der Waals surface area contributed by atoms with E-state index in [4.69, 9.17) is 23.2 Å². The van der Waals surface area contributed by atoms with Crippen LogP contribution in [-0.4, -0.2) is 17.9 Å². The quantitative estimate of drug-likeness (QED) is 0.706. The Kier molecular flexibility index (Phi) is 6.27. The Labute approximate surface area is 158 Å². The van der Waals surface area contributed by atoms with E-state index in [0.29, 0.717) is 31.3 Å². The minimum atomic E-state index is -0.398. The van der Waals surface area contributed by atoms with E-state index in [0.717, 1.165) is 0 Å². The van der Waals surface area contributed by atoms with Crippen LogP contribution in [-0.2, 0) is 0 Å². The van der Waals surface area contributed by atoms with Crippen molar-refractivity contribution in [3.05, 3.63) is 62.0 Å². The van der Waals surface area contributed by atoms with Gasteiger partial charge in [-0.3, -0.25) is 9.59 Å². The molecule has 126 valence electrons. The molecule has 2 rings (SSSR count). The SMILES string of the molecule is CC(C)NC(=O)c1ccc(Cl)cc1NC(=O)c1cc(Cl)ccc1Br. The highest BCUT2D eigenvalue weighted by atomic mass is 79.9. The lowest BCUT2D eigenvalue weighted by Crippen LogP contribution is -2.31. The number of anilines is 1.